The van der Waals surface area contributed by atoms with Gasteiger partial charge < -0.3 is 5.32 Å². The molecule has 0 aliphatic rings. The van der Waals surface area contributed by atoms with Gasteiger partial charge in [0.1, 0.15) is 0 Å². The maximum Gasteiger partial charge on any atom is 0.0421 e. The van der Waals surface area contributed by atoms with E-state index < -0.39 is 0 Å². The number of likely N-dealkylation sites (N-methyl/N-ethyl adjacent to an activating group) is 1. The lowest BCUT2D eigenvalue weighted by Gasteiger charge is -2.17. The molecule has 0 spiro atoms. The average Bonchev–Trinajstić information content (AvgIpc) is 2.16. The standard InChI is InChI=1S/C13H22N2/c1-10(2)7-12(14-4)9-13-8-11(3)5-6-15-13/h5-6,8,10,12,14H,7,9H2,1-4H3. The lowest BCUT2D eigenvalue weighted by Crippen LogP contribution is -2.29. The number of aromatic nitrogens is 1. The smallest absolute Gasteiger partial charge is 0.0421 e. The SMILES string of the molecule is CNC(Cc1cc(C)ccn1)CC(C)C. The van der Waals surface area contributed by atoms with Crippen molar-refractivity contribution in [2.24, 2.45) is 5.92 Å². The van der Waals surface area contributed by atoms with Crippen LogP contribution in [0.3, 0.4) is 0 Å². The van der Waals surface area contributed by atoms with E-state index >= 15 is 0 Å². The fourth-order valence-corrected chi connectivity index (χ4v) is 1.84. The minimum atomic E-state index is 0.541. The molecule has 2 heteroatoms. The lowest BCUT2D eigenvalue weighted by molar-refractivity contribution is 0.438. The van der Waals surface area contributed by atoms with Crippen LogP contribution in [0, 0.1) is 12.8 Å². The van der Waals surface area contributed by atoms with Gasteiger partial charge in [-0.25, -0.2) is 0 Å². The first-order valence-electron chi connectivity index (χ1n) is 5.70. The van der Waals surface area contributed by atoms with E-state index in [-0.39, 0.29) is 0 Å². The number of nitrogens with one attached hydrogen (secondary N) is 1. The predicted molar refractivity (Wildman–Crippen MR) is 65.0 cm³/mol. The van der Waals surface area contributed by atoms with E-state index in [4.69, 9.17) is 0 Å². The Morgan fingerprint density at radius 3 is 2.67 bits per heavy atom. The largest absolute Gasteiger partial charge is 0.317 e. The summed E-state index contributed by atoms with van der Waals surface area (Å²) in [5.74, 6) is 0.729. The summed E-state index contributed by atoms with van der Waals surface area (Å²) in [6, 6.07) is 4.75. The average molecular weight is 206 g/mol. The summed E-state index contributed by atoms with van der Waals surface area (Å²) < 4.78 is 0. The summed E-state index contributed by atoms with van der Waals surface area (Å²) in [6.07, 6.45) is 4.12. The van der Waals surface area contributed by atoms with Gasteiger partial charge >= 0.3 is 0 Å². The maximum absolute atomic E-state index is 4.39. The van der Waals surface area contributed by atoms with E-state index in [1.807, 2.05) is 19.3 Å². The topological polar surface area (TPSA) is 24.9 Å². The minimum absolute atomic E-state index is 0.541. The van der Waals surface area contributed by atoms with Crippen molar-refractivity contribution in [3.63, 3.8) is 0 Å². The van der Waals surface area contributed by atoms with Crippen LogP contribution >= 0.6 is 0 Å². The number of aryl methyl sites for hydroxylation is 1. The Morgan fingerprint density at radius 1 is 1.40 bits per heavy atom. The Balaban J connectivity index is 2.58. The quantitative estimate of drug-likeness (QED) is 0.801. The van der Waals surface area contributed by atoms with Crippen LogP contribution in [0.5, 0.6) is 0 Å². The van der Waals surface area contributed by atoms with Crippen LogP contribution in [0.1, 0.15) is 31.5 Å². The molecule has 1 aromatic rings. The van der Waals surface area contributed by atoms with Gasteiger partial charge in [0.25, 0.3) is 0 Å². The highest BCUT2D eigenvalue weighted by atomic mass is 14.9. The van der Waals surface area contributed by atoms with E-state index in [0.29, 0.717) is 6.04 Å². The van der Waals surface area contributed by atoms with Gasteiger partial charge in [-0.05, 0) is 44.0 Å². The molecule has 84 valence electrons. The Morgan fingerprint density at radius 2 is 2.13 bits per heavy atom. The van der Waals surface area contributed by atoms with Gasteiger partial charge in [0.05, 0.1) is 0 Å². The molecule has 2 nitrogen and oxygen atoms in total. The van der Waals surface area contributed by atoms with Gasteiger partial charge in [-0.15, -0.1) is 0 Å². The van der Waals surface area contributed by atoms with Crippen molar-refractivity contribution in [1.82, 2.24) is 10.3 Å². The first-order chi connectivity index (χ1) is 7.11. The summed E-state index contributed by atoms with van der Waals surface area (Å²) in [5, 5.41) is 3.36. The second kappa shape index (κ2) is 5.86. The van der Waals surface area contributed by atoms with Crippen LogP contribution in [0.4, 0.5) is 0 Å². The van der Waals surface area contributed by atoms with Gasteiger partial charge in [-0.3, -0.25) is 4.98 Å². The number of hydrogen-bond donors (Lipinski definition) is 1. The zero-order chi connectivity index (χ0) is 11.3. The van der Waals surface area contributed by atoms with Gasteiger partial charge in [-0.2, -0.15) is 0 Å². The van der Waals surface area contributed by atoms with Crippen LogP contribution < -0.4 is 5.32 Å². The third kappa shape index (κ3) is 4.43. The third-order valence-corrected chi connectivity index (χ3v) is 2.59. The summed E-state index contributed by atoms with van der Waals surface area (Å²) >= 11 is 0. The van der Waals surface area contributed by atoms with E-state index in [1.54, 1.807) is 0 Å². The molecule has 0 saturated heterocycles. The zero-order valence-electron chi connectivity index (χ0n) is 10.2. The van der Waals surface area contributed by atoms with Crippen LogP contribution in [-0.2, 0) is 6.42 Å². The van der Waals surface area contributed by atoms with Crippen molar-refractivity contribution < 1.29 is 0 Å². The summed E-state index contributed by atoms with van der Waals surface area (Å²) in [6.45, 7) is 6.63. The molecule has 0 aromatic carbocycles. The molecule has 0 bridgehead atoms. The molecule has 0 aliphatic carbocycles. The fourth-order valence-electron chi connectivity index (χ4n) is 1.84. The Labute approximate surface area is 93.1 Å². The molecule has 1 rings (SSSR count). The molecule has 1 N–H and O–H groups in total. The molecule has 1 heterocycles. The molecule has 1 unspecified atom stereocenters. The van der Waals surface area contributed by atoms with Gasteiger partial charge in [0, 0.05) is 24.4 Å². The van der Waals surface area contributed by atoms with Crippen molar-refractivity contribution in [3.8, 4) is 0 Å². The summed E-state index contributed by atoms with van der Waals surface area (Å²) in [5.41, 5.74) is 2.48. The van der Waals surface area contributed by atoms with Crippen molar-refractivity contribution in [1.29, 1.82) is 0 Å². The molecule has 15 heavy (non-hydrogen) atoms. The second-order valence-corrected chi connectivity index (χ2v) is 4.64. The molecule has 0 saturated carbocycles. The Hall–Kier alpha value is -0.890. The molecule has 1 aromatic heterocycles. The molecule has 0 radical (unpaired) electrons. The van der Waals surface area contributed by atoms with E-state index in [0.717, 1.165) is 12.3 Å². The van der Waals surface area contributed by atoms with Crippen LogP contribution in [-0.4, -0.2) is 18.1 Å². The van der Waals surface area contributed by atoms with Crippen molar-refractivity contribution in [3.05, 3.63) is 29.6 Å². The van der Waals surface area contributed by atoms with E-state index in [1.165, 1.54) is 17.7 Å². The molecular formula is C13H22N2. The van der Waals surface area contributed by atoms with Crippen molar-refractivity contribution in [2.45, 2.75) is 39.7 Å². The Bertz CT molecular complexity index is 294. The van der Waals surface area contributed by atoms with Crippen molar-refractivity contribution in [2.75, 3.05) is 7.05 Å². The van der Waals surface area contributed by atoms with E-state index in [2.05, 4.69) is 37.1 Å². The van der Waals surface area contributed by atoms with E-state index in [9.17, 15) is 0 Å². The fraction of sp³-hybridized carbons (Fsp3) is 0.615. The summed E-state index contributed by atoms with van der Waals surface area (Å²) in [7, 11) is 2.03. The van der Waals surface area contributed by atoms with Crippen LogP contribution in [0.15, 0.2) is 18.3 Å². The van der Waals surface area contributed by atoms with Gasteiger partial charge in [-0.1, -0.05) is 13.8 Å². The monoisotopic (exact) mass is 206 g/mol. The molecule has 0 fully saturated rings. The van der Waals surface area contributed by atoms with Gasteiger partial charge in [0.2, 0.25) is 0 Å². The normalized spacial score (nSPS) is 13.1. The highest BCUT2D eigenvalue weighted by molar-refractivity contribution is 5.15. The Kier molecular flexibility index (Phi) is 4.76. The predicted octanol–water partition coefficient (Wildman–Crippen LogP) is 2.57. The molecular weight excluding hydrogens is 184 g/mol. The number of hydrogen-bond acceptors (Lipinski definition) is 2. The third-order valence-electron chi connectivity index (χ3n) is 2.59. The van der Waals surface area contributed by atoms with Crippen molar-refractivity contribution >= 4 is 0 Å². The lowest BCUT2D eigenvalue weighted by atomic mass is 9.99. The van der Waals surface area contributed by atoms with Crippen LogP contribution in [0.2, 0.25) is 0 Å². The maximum atomic E-state index is 4.39. The number of rotatable bonds is 5. The van der Waals surface area contributed by atoms with Gasteiger partial charge in [0.15, 0.2) is 0 Å². The molecule has 0 aliphatic heterocycles. The first kappa shape index (κ1) is 12.2. The number of pyridine rings is 1. The molecule has 0 amide bonds. The highest BCUT2D eigenvalue weighted by Crippen LogP contribution is 2.10. The second-order valence-electron chi connectivity index (χ2n) is 4.64. The van der Waals surface area contributed by atoms with Crippen LogP contribution in [0.25, 0.3) is 0 Å². The number of nitrogens with zero attached hydrogens (tertiary/aromatic N) is 1. The minimum Gasteiger partial charge on any atom is -0.317 e. The first-order valence-corrected chi connectivity index (χ1v) is 5.70. The summed E-state index contributed by atoms with van der Waals surface area (Å²) in [4.78, 5) is 4.39. The highest BCUT2D eigenvalue weighted by Gasteiger charge is 2.09. The zero-order valence-corrected chi connectivity index (χ0v) is 10.2. The molecule has 1 atom stereocenters.